The van der Waals surface area contributed by atoms with Gasteiger partial charge in [-0.05, 0) is 55.6 Å². The molecule has 2 aliphatic heterocycles. The van der Waals surface area contributed by atoms with Crippen LogP contribution < -0.4 is 5.48 Å². The summed E-state index contributed by atoms with van der Waals surface area (Å²) in [5.74, 6) is 11.0. The lowest BCUT2D eigenvalue weighted by molar-refractivity contribution is -0.131. The van der Waals surface area contributed by atoms with Gasteiger partial charge in [0.15, 0.2) is 14.6 Å². The van der Waals surface area contributed by atoms with Crippen molar-refractivity contribution >= 4 is 33.0 Å². The summed E-state index contributed by atoms with van der Waals surface area (Å²) < 4.78 is 22.4. The van der Waals surface area contributed by atoms with Crippen molar-refractivity contribution in [3.8, 4) is 23.7 Å². The van der Waals surface area contributed by atoms with Gasteiger partial charge in [0.2, 0.25) is 0 Å². The average molecular weight is 506 g/mol. The zero-order chi connectivity index (χ0) is 24.7. The summed E-state index contributed by atoms with van der Waals surface area (Å²) in [6, 6.07) is 2.34. The van der Waals surface area contributed by atoms with E-state index in [2.05, 4.69) is 28.6 Å². The fourth-order valence-corrected chi connectivity index (χ4v) is 6.15. The Labute approximate surface area is 203 Å². The molecule has 0 bridgehead atoms. The van der Waals surface area contributed by atoms with Gasteiger partial charge >= 0.3 is 0 Å². The largest absolute Gasteiger partial charge is 0.393 e. The first-order valence-corrected chi connectivity index (χ1v) is 13.7. The topological polar surface area (TPSA) is 127 Å². The number of hydroxylamine groups is 1. The van der Waals surface area contributed by atoms with Crippen LogP contribution in [0.3, 0.4) is 0 Å². The molecule has 1 saturated heterocycles. The zero-order valence-electron chi connectivity index (χ0n) is 19.0. The van der Waals surface area contributed by atoms with Gasteiger partial charge in [-0.1, -0.05) is 5.92 Å². The number of hydrogen-bond acceptors (Lipinski definition) is 8. The van der Waals surface area contributed by atoms with Crippen LogP contribution in [0.2, 0.25) is 0 Å². The van der Waals surface area contributed by atoms with E-state index in [1.165, 1.54) is 28.6 Å². The predicted octanol–water partition coefficient (Wildman–Crippen LogP) is 0.213. The van der Waals surface area contributed by atoms with Crippen molar-refractivity contribution in [3.05, 3.63) is 21.4 Å². The van der Waals surface area contributed by atoms with Crippen LogP contribution in [0, 0.1) is 29.6 Å². The molecule has 4 rings (SSSR count). The maximum atomic E-state index is 12.8. The van der Waals surface area contributed by atoms with Crippen molar-refractivity contribution in [2.75, 3.05) is 25.9 Å². The van der Waals surface area contributed by atoms with Crippen molar-refractivity contribution in [3.63, 3.8) is 0 Å². The molecule has 0 unspecified atom stereocenters. The molecule has 2 fully saturated rings. The quantitative estimate of drug-likeness (QED) is 0.287. The van der Waals surface area contributed by atoms with E-state index >= 15 is 0 Å². The highest BCUT2D eigenvalue weighted by atomic mass is 32.2. The Hall–Kier alpha value is -2.41. The summed E-state index contributed by atoms with van der Waals surface area (Å²) in [7, 11) is -3.82. The molecule has 1 atom stereocenters. The summed E-state index contributed by atoms with van der Waals surface area (Å²) in [6.45, 7) is 3.44. The van der Waals surface area contributed by atoms with Gasteiger partial charge in [-0.2, -0.15) is 0 Å². The maximum Gasteiger partial charge on any atom is 0.264 e. The molecule has 3 aliphatic rings. The molecular formula is C23H27N3O6S2. The van der Waals surface area contributed by atoms with Gasteiger partial charge in [0.1, 0.15) is 0 Å². The van der Waals surface area contributed by atoms with Crippen molar-refractivity contribution in [1.82, 2.24) is 15.3 Å². The van der Waals surface area contributed by atoms with Crippen LogP contribution in [-0.4, -0.2) is 83.1 Å². The number of nitrogens with zero attached hydrogens (tertiary/aromatic N) is 2. The number of aliphatic hydroxyl groups excluding tert-OH is 1. The van der Waals surface area contributed by atoms with Gasteiger partial charge < -0.3 is 10.0 Å². The molecular weight excluding hydrogens is 478 g/mol. The van der Waals surface area contributed by atoms with E-state index in [0.29, 0.717) is 23.4 Å². The van der Waals surface area contributed by atoms with E-state index < -0.39 is 20.5 Å². The number of fused-ring (bicyclic) bond motifs is 1. The monoisotopic (exact) mass is 505 g/mol. The third kappa shape index (κ3) is 4.72. The van der Waals surface area contributed by atoms with Gasteiger partial charge in [0, 0.05) is 44.4 Å². The zero-order valence-corrected chi connectivity index (χ0v) is 20.6. The van der Waals surface area contributed by atoms with Crippen LogP contribution in [0.1, 0.15) is 46.3 Å². The van der Waals surface area contributed by atoms with Crippen LogP contribution in [0.4, 0.5) is 0 Å². The molecule has 1 aromatic heterocycles. The Morgan fingerprint density at radius 2 is 2.03 bits per heavy atom. The van der Waals surface area contributed by atoms with Gasteiger partial charge in [0.25, 0.3) is 11.8 Å². The highest BCUT2D eigenvalue weighted by molar-refractivity contribution is 7.92. The minimum Gasteiger partial charge on any atom is -0.393 e. The molecule has 3 N–H and O–H groups in total. The third-order valence-corrected chi connectivity index (χ3v) is 10.1. The number of sulfone groups is 1. The summed E-state index contributed by atoms with van der Waals surface area (Å²) in [5.41, 5.74) is 2.23. The highest BCUT2D eigenvalue weighted by Gasteiger charge is 2.44. The second-order valence-electron chi connectivity index (χ2n) is 9.33. The van der Waals surface area contributed by atoms with Crippen molar-refractivity contribution in [1.29, 1.82) is 0 Å². The van der Waals surface area contributed by atoms with Crippen LogP contribution in [-0.2, 0) is 21.2 Å². The number of rotatable bonds is 6. The molecule has 0 aromatic carbocycles. The number of nitrogens with one attached hydrogen (secondary N) is 1. The van der Waals surface area contributed by atoms with Crippen molar-refractivity contribution < 1.29 is 28.3 Å². The summed E-state index contributed by atoms with van der Waals surface area (Å²) in [4.78, 5) is 29.9. The number of hydrogen-bond donors (Lipinski definition) is 3. The lowest BCUT2D eigenvalue weighted by Gasteiger charge is -2.48. The second kappa shape index (κ2) is 9.33. The normalized spacial score (nSPS) is 24.0. The molecule has 2 amide bonds. The summed E-state index contributed by atoms with van der Waals surface area (Å²) in [5, 5.41) is 18.3. The molecule has 34 heavy (non-hydrogen) atoms. The van der Waals surface area contributed by atoms with E-state index in [1.807, 2.05) is 6.07 Å². The van der Waals surface area contributed by atoms with Crippen LogP contribution in [0.25, 0.3) is 0 Å². The highest BCUT2D eigenvalue weighted by Crippen LogP contribution is 2.33. The third-order valence-electron chi connectivity index (χ3n) is 6.95. The first kappa shape index (κ1) is 24.7. The Kier molecular flexibility index (Phi) is 6.78. The Balaban J connectivity index is 1.30. The molecule has 3 heterocycles. The molecule has 0 radical (unpaired) electrons. The Morgan fingerprint density at radius 1 is 1.32 bits per heavy atom. The van der Waals surface area contributed by atoms with E-state index in [4.69, 9.17) is 5.21 Å². The number of likely N-dealkylation sites (tertiary alicyclic amines) is 1. The lowest BCUT2D eigenvalue weighted by Crippen LogP contribution is -2.57. The van der Waals surface area contributed by atoms with Gasteiger partial charge in [-0.3, -0.25) is 19.7 Å². The molecule has 1 aromatic rings. The predicted molar refractivity (Wildman–Crippen MR) is 126 cm³/mol. The molecule has 0 spiro atoms. The molecule has 11 heteroatoms. The number of carbonyl (C=O) groups excluding carboxylic acids is 2. The van der Waals surface area contributed by atoms with E-state index in [1.54, 1.807) is 0 Å². The van der Waals surface area contributed by atoms with Crippen LogP contribution >= 0.6 is 11.3 Å². The first-order valence-electron chi connectivity index (χ1n) is 11.0. The van der Waals surface area contributed by atoms with Crippen LogP contribution in [0.5, 0.6) is 0 Å². The van der Waals surface area contributed by atoms with Gasteiger partial charge in [0.05, 0.1) is 15.9 Å². The van der Waals surface area contributed by atoms with Crippen molar-refractivity contribution in [2.45, 2.75) is 49.6 Å². The SMILES string of the molecule is C[C@@](CCN1Cc2cc(C#CC#CC3CN(C4CC(O)C4)C3)sc2C1=O)(C(=O)NO)S(C)(=O)=O. The van der Waals surface area contributed by atoms with Crippen LogP contribution in [0.15, 0.2) is 6.07 Å². The minimum atomic E-state index is -3.82. The summed E-state index contributed by atoms with van der Waals surface area (Å²) >= 11 is 1.28. The Morgan fingerprint density at radius 3 is 2.62 bits per heavy atom. The molecule has 9 nitrogen and oxygen atoms in total. The second-order valence-corrected chi connectivity index (χ2v) is 12.8. The van der Waals surface area contributed by atoms with Crippen molar-refractivity contribution in [2.24, 2.45) is 5.92 Å². The van der Waals surface area contributed by atoms with E-state index in [0.717, 1.165) is 42.6 Å². The molecule has 1 aliphatic carbocycles. The summed E-state index contributed by atoms with van der Waals surface area (Å²) in [6.07, 6.45) is 2.36. The number of carbonyl (C=O) groups is 2. The number of amides is 2. The fraction of sp³-hybridized carbons (Fsp3) is 0.565. The van der Waals surface area contributed by atoms with E-state index in [-0.39, 0.29) is 25.0 Å². The number of aliphatic hydroxyl groups is 1. The standard InChI is InChI=1S/C23H27N3O6S2/c1-23(22(29)24-30,34(2,31)32)7-8-25-14-16-9-19(33-20(16)21(25)28)6-4-3-5-15-12-26(13-15)17-10-18(27)11-17/h9,15,17-18,27,30H,7-8,10-14H2,1-2H3,(H,24,29)/t17?,18?,23-/m1/s1. The maximum absolute atomic E-state index is 12.8. The smallest absolute Gasteiger partial charge is 0.264 e. The van der Waals surface area contributed by atoms with Gasteiger partial charge in [-0.25, -0.2) is 13.9 Å². The van der Waals surface area contributed by atoms with Gasteiger partial charge in [-0.15, -0.1) is 11.3 Å². The minimum absolute atomic E-state index is 0.0575. The first-order chi connectivity index (χ1) is 16.0. The molecule has 1 saturated carbocycles. The van der Waals surface area contributed by atoms with E-state index in [9.17, 15) is 23.1 Å². The lowest BCUT2D eigenvalue weighted by atomic mass is 9.84. The average Bonchev–Trinajstić information content (AvgIpc) is 3.25. The molecule has 182 valence electrons. The Bertz CT molecular complexity index is 1220. The number of thiophene rings is 1. The fourth-order valence-electron chi connectivity index (χ4n) is 4.31.